The van der Waals surface area contributed by atoms with E-state index in [9.17, 15) is 4.79 Å². The van der Waals surface area contributed by atoms with Gasteiger partial charge in [0.15, 0.2) is 0 Å². The molecule has 1 aromatic heterocycles. The number of rotatable bonds is 5. The SMILES string of the molecule is CCC(NC(=O)Nc1cccc(C(C)N)c1)c1cccs1. The predicted molar refractivity (Wildman–Crippen MR) is 88.5 cm³/mol. The Morgan fingerprint density at radius 3 is 2.76 bits per heavy atom. The van der Waals surface area contributed by atoms with Gasteiger partial charge in [0.05, 0.1) is 6.04 Å². The van der Waals surface area contributed by atoms with Crippen molar-refractivity contribution in [2.75, 3.05) is 5.32 Å². The first-order valence-electron chi connectivity index (χ1n) is 7.06. The van der Waals surface area contributed by atoms with Crippen LogP contribution in [0.3, 0.4) is 0 Å². The first-order valence-corrected chi connectivity index (χ1v) is 7.94. The van der Waals surface area contributed by atoms with Crippen LogP contribution in [-0.4, -0.2) is 6.03 Å². The lowest BCUT2D eigenvalue weighted by Crippen LogP contribution is -2.32. The number of amides is 2. The standard InChI is InChI=1S/C16H21N3OS/c1-3-14(15-8-5-9-21-15)19-16(20)18-13-7-4-6-12(10-13)11(2)17/h4-11,14H,3,17H2,1-2H3,(H2,18,19,20). The second kappa shape index (κ2) is 7.24. The van der Waals surface area contributed by atoms with Crippen molar-refractivity contribution < 1.29 is 4.79 Å². The molecule has 2 rings (SSSR count). The fourth-order valence-electron chi connectivity index (χ4n) is 2.09. The summed E-state index contributed by atoms with van der Waals surface area (Å²) in [4.78, 5) is 13.3. The first kappa shape index (κ1) is 15.5. The number of nitrogens with two attached hydrogens (primary N) is 1. The van der Waals surface area contributed by atoms with Crippen molar-refractivity contribution in [3.63, 3.8) is 0 Å². The van der Waals surface area contributed by atoms with Crippen LogP contribution in [0.1, 0.15) is 42.8 Å². The Hall–Kier alpha value is -1.85. The van der Waals surface area contributed by atoms with Crippen molar-refractivity contribution >= 4 is 23.1 Å². The summed E-state index contributed by atoms with van der Waals surface area (Å²) >= 11 is 1.65. The molecule has 5 heteroatoms. The summed E-state index contributed by atoms with van der Waals surface area (Å²) in [5, 5.41) is 7.88. The van der Waals surface area contributed by atoms with Gasteiger partial charge in [0.2, 0.25) is 0 Å². The minimum Gasteiger partial charge on any atom is -0.330 e. The number of hydrogen-bond donors (Lipinski definition) is 3. The second-order valence-corrected chi connectivity index (χ2v) is 5.97. The van der Waals surface area contributed by atoms with E-state index in [1.165, 1.54) is 0 Å². The molecule has 2 aromatic rings. The molecule has 21 heavy (non-hydrogen) atoms. The highest BCUT2D eigenvalue weighted by Gasteiger charge is 2.13. The molecule has 0 aliphatic carbocycles. The Balaban J connectivity index is 1.99. The number of urea groups is 1. The molecule has 4 N–H and O–H groups in total. The van der Waals surface area contributed by atoms with Gasteiger partial charge in [0.25, 0.3) is 0 Å². The number of anilines is 1. The lowest BCUT2D eigenvalue weighted by Gasteiger charge is -2.16. The maximum Gasteiger partial charge on any atom is 0.319 e. The van der Waals surface area contributed by atoms with E-state index in [2.05, 4.69) is 17.6 Å². The maximum absolute atomic E-state index is 12.1. The molecule has 0 aliphatic rings. The van der Waals surface area contributed by atoms with Crippen molar-refractivity contribution in [1.29, 1.82) is 0 Å². The van der Waals surface area contributed by atoms with Gasteiger partial charge >= 0.3 is 6.03 Å². The van der Waals surface area contributed by atoms with Gasteiger partial charge < -0.3 is 16.4 Å². The monoisotopic (exact) mass is 303 g/mol. The molecule has 2 atom stereocenters. The predicted octanol–water partition coefficient (Wildman–Crippen LogP) is 4.04. The number of nitrogens with one attached hydrogen (secondary N) is 2. The number of benzene rings is 1. The zero-order valence-corrected chi connectivity index (χ0v) is 13.1. The number of carbonyl (C=O) groups excluding carboxylic acids is 1. The van der Waals surface area contributed by atoms with Crippen LogP contribution in [0.5, 0.6) is 0 Å². The first-order chi connectivity index (χ1) is 10.1. The van der Waals surface area contributed by atoms with Crippen LogP contribution in [0.15, 0.2) is 41.8 Å². The third-order valence-corrected chi connectivity index (χ3v) is 4.26. The molecule has 4 nitrogen and oxygen atoms in total. The number of carbonyl (C=O) groups is 1. The van der Waals surface area contributed by atoms with Crippen LogP contribution in [0, 0.1) is 0 Å². The molecule has 0 radical (unpaired) electrons. The summed E-state index contributed by atoms with van der Waals surface area (Å²) < 4.78 is 0. The summed E-state index contributed by atoms with van der Waals surface area (Å²) in [7, 11) is 0. The molecule has 1 aromatic carbocycles. The van der Waals surface area contributed by atoms with Crippen molar-refractivity contribution in [1.82, 2.24) is 5.32 Å². The molecule has 0 saturated carbocycles. The topological polar surface area (TPSA) is 67.2 Å². The van der Waals surface area contributed by atoms with E-state index >= 15 is 0 Å². The van der Waals surface area contributed by atoms with Gasteiger partial charge in [-0.05, 0) is 42.5 Å². The Bertz CT molecular complexity index is 581. The minimum absolute atomic E-state index is 0.0432. The Labute approximate surface area is 129 Å². The van der Waals surface area contributed by atoms with E-state index in [1.807, 2.05) is 48.7 Å². The third-order valence-electron chi connectivity index (χ3n) is 3.27. The van der Waals surface area contributed by atoms with E-state index in [-0.39, 0.29) is 18.1 Å². The van der Waals surface area contributed by atoms with Crippen molar-refractivity contribution in [2.45, 2.75) is 32.4 Å². The van der Waals surface area contributed by atoms with Crippen molar-refractivity contribution in [2.24, 2.45) is 5.73 Å². The van der Waals surface area contributed by atoms with Crippen LogP contribution in [-0.2, 0) is 0 Å². The molecular weight excluding hydrogens is 282 g/mol. The molecule has 2 unspecified atom stereocenters. The number of hydrogen-bond acceptors (Lipinski definition) is 3. The fraction of sp³-hybridized carbons (Fsp3) is 0.312. The van der Waals surface area contributed by atoms with Crippen LogP contribution in [0.2, 0.25) is 0 Å². The van der Waals surface area contributed by atoms with Gasteiger partial charge in [-0.3, -0.25) is 0 Å². The van der Waals surface area contributed by atoms with E-state index in [0.717, 1.165) is 22.5 Å². The van der Waals surface area contributed by atoms with Gasteiger partial charge in [-0.1, -0.05) is 25.1 Å². The Kier molecular flexibility index (Phi) is 5.36. The summed E-state index contributed by atoms with van der Waals surface area (Å²) in [6, 6.07) is 11.4. The van der Waals surface area contributed by atoms with Gasteiger partial charge in [-0.15, -0.1) is 11.3 Å². The average molecular weight is 303 g/mol. The molecule has 0 aliphatic heterocycles. The summed E-state index contributed by atoms with van der Waals surface area (Å²) in [5.41, 5.74) is 7.60. The molecule has 112 valence electrons. The smallest absolute Gasteiger partial charge is 0.319 e. The molecule has 0 spiro atoms. The fourth-order valence-corrected chi connectivity index (χ4v) is 2.95. The third kappa shape index (κ3) is 4.31. The molecule has 2 amide bonds. The molecule has 0 fully saturated rings. The minimum atomic E-state index is -0.197. The lowest BCUT2D eigenvalue weighted by molar-refractivity contribution is 0.248. The van der Waals surface area contributed by atoms with E-state index in [1.54, 1.807) is 11.3 Å². The highest BCUT2D eigenvalue weighted by molar-refractivity contribution is 7.10. The Morgan fingerprint density at radius 2 is 2.14 bits per heavy atom. The van der Waals surface area contributed by atoms with Crippen LogP contribution >= 0.6 is 11.3 Å². The van der Waals surface area contributed by atoms with Gasteiger partial charge in [-0.2, -0.15) is 0 Å². The normalized spacial score (nSPS) is 13.5. The lowest BCUT2D eigenvalue weighted by atomic mass is 10.1. The van der Waals surface area contributed by atoms with E-state index < -0.39 is 0 Å². The quantitative estimate of drug-likeness (QED) is 0.780. The molecular formula is C16H21N3OS. The molecule has 0 bridgehead atoms. The number of thiophene rings is 1. The summed E-state index contributed by atoms with van der Waals surface area (Å²) in [6.07, 6.45) is 0.855. The van der Waals surface area contributed by atoms with Crippen LogP contribution in [0.4, 0.5) is 10.5 Å². The summed E-state index contributed by atoms with van der Waals surface area (Å²) in [6.45, 7) is 3.98. The summed E-state index contributed by atoms with van der Waals surface area (Å²) in [5.74, 6) is 0. The molecule has 0 saturated heterocycles. The highest BCUT2D eigenvalue weighted by Crippen LogP contribution is 2.22. The van der Waals surface area contributed by atoms with Crippen molar-refractivity contribution in [3.05, 3.63) is 52.2 Å². The van der Waals surface area contributed by atoms with E-state index in [0.29, 0.717) is 0 Å². The maximum atomic E-state index is 12.1. The average Bonchev–Trinajstić information content (AvgIpc) is 2.99. The van der Waals surface area contributed by atoms with Crippen LogP contribution < -0.4 is 16.4 Å². The van der Waals surface area contributed by atoms with E-state index in [4.69, 9.17) is 5.73 Å². The van der Waals surface area contributed by atoms with Gasteiger partial charge in [-0.25, -0.2) is 4.79 Å². The largest absolute Gasteiger partial charge is 0.330 e. The van der Waals surface area contributed by atoms with Gasteiger partial charge in [0, 0.05) is 16.6 Å². The Morgan fingerprint density at radius 1 is 1.33 bits per heavy atom. The zero-order chi connectivity index (χ0) is 15.2. The van der Waals surface area contributed by atoms with Gasteiger partial charge in [0.1, 0.15) is 0 Å². The molecule has 1 heterocycles. The second-order valence-electron chi connectivity index (χ2n) is 4.99. The highest BCUT2D eigenvalue weighted by atomic mass is 32.1. The zero-order valence-electron chi connectivity index (χ0n) is 12.3. The van der Waals surface area contributed by atoms with Crippen molar-refractivity contribution in [3.8, 4) is 0 Å². The van der Waals surface area contributed by atoms with Crippen LogP contribution in [0.25, 0.3) is 0 Å².